The number of hydrogen-bond acceptors (Lipinski definition) is 4. The van der Waals surface area contributed by atoms with E-state index in [0.717, 1.165) is 38.0 Å². The quantitative estimate of drug-likeness (QED) is 0.724. The van der Waals surface area contributed by atoms with Gasteiger partial charge in [-0.15, -0.1) is 0 Å². The number of ether oxygens (including phenoxy) is 1. The van der Waals surface area contributed by atoms with Crippen LogP contribution in [0.15, 0.2) is 48.5 Å². The van der Waals surface area contributed by atoms with Crippen molar-refractivity contribution in [3.63, 3.8) is 0 Å². The predicted molar refractivity (Wildman–Crippen MR) is 114 cm³/mol. The molecule has 0 aliphatic carbocycles. The van der Waals surface area contributed by atoms with Crippen molar-refractivity contribution in [1.82, 2.24) is 9.80 Å². The fourth-order valence-corrected chi connectivity index (χ4v) is 3.64. The summed E-state index contributed by atoms with van der Waals surface area (Å²) >= 11 is 6.35. The van der Waals surface area contributed by atoms with E-state index in [1.165, 1.54) is 0 Å². The molecule has 2 aromatic rings. The molecule has 0 bridgehead atoms. The molecular formula is C22H28ClN3O2. The zero-order chi connectivity index (χ0) is 19.9. The van der Waals surface area contributed by atoms with Crippen molar-refractivity contribution in [3.05, 3.63) is 59.1 Å². The highest BCUT2D eigenvalue weighted by molar-refractivity contribution is 6.32. The summed E-state index contributed by atoms with van der Waals surface area (Å²) in [4.78, 5) is 17.4. The third-order valence-corrected chi connectivity index (χ3v) is 5.16. The highest BCUT2D eigenvalue weighted by atomic mass is 35.5. The van der Waals surface area contributed by atoms with Crippen molar-refractivity contribution in [2.75, 3.05) is 45.7 Å². The maximum absolute atomic E-state index is 13.1. The number of anilines is 1. The molecule has 1 fully saturated rings. The Balaban J connectivity index is 1.70. The first-order valence-electron chi connectivity index (χ1n) is 9.71. The maximum atomic E-state index is 13.1. The van der Waals surface area contributed by atoms with Crippen LogP contribution in [0, 0.1) is 0 Å². The van der Waals surface area contributed by atoms with Crippen molar-refractivity contribution in [2.45, 2.75) is 18.9 Å². The Morgan fingerprint density at radius 1 is 1.18 bits per heavy atom. The molecule has 6 heteroatoms. The van der Waals surface area contributed by atoms with E-state index in [-0.39, 0.29) is 11.9 Å². The summed E-state index contributed by atoms with van der Waals surface area (Å²) in [7, 11) is 3.99. The van der Waals surface area contributed by atoms with Crippen LogP contribution in [0.25, 0.3) is 0 Å². The third kappa shape index (κ3) is 5.47. The lowest BCUT2D eigenvalue weighted by atomic mass is 10.0. The Labute approximate surface area is 172 Å². The molecule has 0 spiro atoms. The van der Waals surface area contributed by atoms with Gasteiger partial charge in [-0.2, -0.15) is 0 Å². The summed E-state index contributed by atoms with van der Waals surface area (Å²) in [6, 6.07) is 15.0. The van der Waals surface area contributed by atoms with Crippen LogP contribution < -0.4 is 10.1 Å². The average Bonchev–Trinajstić information content (AvgIpc) is 3.18. The van der Waals surface area contributed by atoms with Crippen LogP contribution in [-0.4, -0.2) is 56.0 Å². The molecule has 2 aromatic carbocycles. The van der Waals surface area contributed by atoms with Gasteiger partial charge in [-0.1, -0.05) is 41.9 Å². The summed E-state index contributed by atoms with van der Waals surface area (Å²) in [6.45, 7) is 3.24. The first-order valence-corrected chi connectivity index (χ1v) is 10.1. The number of amides is 1. The lowest BCUT2D eigenvalue weighted by Crippen LogP contribution is -2.35. The molecule has 1 saturated heterocycles. The van der Waals surface area contributed by atoms with E-state index in [2.05, 4.69) is 10.2 Å². The molecule has 150 valence electrons. The fraction of sp³-hybridized carbons (Fsp3) is 0.409. The Bertz CT molecular complexity index is 777. The molecule has 5 nitrogen and oxygen atoms in total. The Morgan fingerprint density at radius 3 is 2.54 bits per heavy atom. The molecular weight excluding hydrogens is 374 g/mol. The second-order valence-corrected chi connectivity index (χ2v) is 7.75. The largest absolute Gasteiger partial charge is 0.491 e. The minimum Gasteiger partial charge on any atom is -0.491 e. The lowest BCUT2D eigenvalue weighted by molar-refractivity contribution is -0.121. The predicted octanol–water partition coefficient (Wildman–Crippen LogP) is 4.06. The van der Waals surface area contributed by atoms with E-state index in [1.807, 2.05) is 55.4 Å². The van der Waals surface area contributed by atoms with E-state index in [9.17, 15) is 4.79 Å². The molecule has 1 unspecified atom stereocenters. The normalized spacial score (nSPS) is 15.6. The molecule has 1 aliphatic heterocycles. The number of rotatable bonds is 8. The fourth-order valence-electron chi connectivity index (χ4n) is 3.41. The molecule has 0 aromatic heterocycles. The molecule has 3 rings (SSSR count). The van der Waals surface area contributed by atoms with Gasteiger partial charge in [0.2, 0.25) is 5.91 Å². The van der Waals surface area contributed by atoms with E-state index >= 15 is 0 Å². The number of benzene rings is 2. The number of carbonyl (C=O) groups excluding carboxylic acids is 1. The van der Waals surface area contributed by atoms with Crippen molar-refractivity contribution < 1.29 is 9.53 Å². The number of likely N-dealkylation sites (N-methyl/N-ethyl adjacent to an activating group) is 1. The summed E-state index contributed by atoms with van der Waals surface area (Å²) in [5, 5.41) is 3.53. The topological polar surface area (TPSA) is 44.8 Å². The summed E-state index contributed by atoms with van der Waals surface area (Å²) < 4.78 is 5.71. The van der Waals surface area contributed by atoms with Crippen molar-refractivity contribution in [2.24, 2.45) is 0 Å². The third-order valence-electron chi connectivity index (χ3n) is 4.86. The van der Waals surface area contributed by atoms with Crippen LogP contribution in [0.1, 0.15) is 24.4 Å². The van der Waals surface area contributed by atoms with Gasteiger partial charge in [0.05, 0.1) is 5.02 Å². The summed E-state index contributed by atoms with van der Waals surface area (Å²) in [6.07, 6.45) is 2.25. The van der Waals surface area contributed by atoms with Gasteiger partial charge in [-0.3, -0.25) is 9.69 Å². The molecule has 1 N–H and O–H groups in total. The Kier molecular flexibility index (Phi) is 7.31. The van der Waals surface area contributed by atoms with Gasteiger partial charge in [0.1, 0.15) is 18.4 Å². The number of carbonyl (C=O) groups is 1. The van der Waals surface area contributed by atoms with E-state index in [4.69, 9.17) is 16.3 Å². The van der Waals surface area contributed by atoms with Crippen molar-refractivity contribution in [3.8, 4) is 5.75 Å². The number of hydrogen-bond donors (Lipinski definition) is 1. The minimum atomic E-state index is -0.293. The molecule has 1 aliphatic rings. The Morgan fingerprint density at radius 2 is 1.89 bits per heavy atom. The van der Waals surface area contributed by atoms with Crippen LogP contribution in [0.3, 0.4) is 0 Å². The molecule has 1 heterocycles. The molecule has 0 saturated carbocycles. The summed E-state index contributed by atoms with van der Waals surface area (Å²) in [5.74, 6) is 0.589. The zero-order valence-electron chi connectivity index (χ0n) is 16.5. The maximum Gasteiger partial charge on any atom is 0.246 e. The highest BCUT2D eigenvalue weighted by Gasteiger charge is 2.29. The van der Waals surface area contributed by atoms with Gasteiger partial charge in [-0.05, 0) is 63.8 Å². The first-order chi connectivity index (χ1) is 13.5. The standard InChI is InChI=1S/C22H28ClN3O2/c1-25(2)14-15-28-20-11-10-18(16-19(20)23)24-22(27)21(26-12-6-7-13-26)17-8-4-3-5-9-17/h3-5,8-11,16,21H,6-7,12-15H2,1-2H3,(H,24,27). The van der Waals surface area contributed by atoms with Gasteiger partial charge in [0, 0.05) is 12.2 Å². The number of halogens is 1. The Hall–Kier alpha value is -2.08. The van der Waals surface area contributed by atoms with E-state index in [0.29, 0.717) is 23.1 Å². The van der Waals surface area contributed by atoms with Gasteiger partial charge >= 0.3 is 0 Å². The number of nitrogens with one attached hydrogen (secondary N) is 1. The molecule has 1 atom stereocenters. The van der Waals surface area contributed by atoms with Crippen molar-refractivity contribution >= 4 is 23.2 Å². The average molecular weight is 402 g/mol. The molecule has 0 radical (unpaired) electrons. The van der Waals surface area contributed by atoms with Crippen LogP contribution in [0.4, 0.5) is 5.69 Å². The van der Waals surface area contributed by atoms with Crippen molar-refractivity contribution in [1.29, 1.82) is 0 Å². The first kappa shape index (κ1) is 20.6. The highest BCUT2D eigenvalue weighted by Crippen LogP contribution is 2.30. The van der Waals surface area contributed by atoms with Gasteiger partial charge in [-0.25, -0.2) is 0 Å². The molecule has 28 heavy (non-hydrogen) atoms. The molecule has 1 amide bonds. The van der Waals surface area contributed by atoms with Crippen LogP contribution in [0.5, 0.6) is 5.75 Å². The van der Waals surface area contributed by atoms with Gasteiger partial charge in [0.15, 0.2) is 0 Å². The minimum absolute atomic E-state index is 0.0366. The zero-order valence-corrected chi connectivity index (χ0v) is 17.3. The van der Waals surface area contributed by atoms with Crippen LogP contribution in [0.2, 0.25) is 5.02 Å². The smallest absolute Gasteiger partial charge is 0.246 e. The van der Waals surface area contributed by atoms with Crippen LogP contribution >= 0.6 is 11.6 Å². The van der Waals surface area contributed by atoms with Gasteiger partial charge in [0.25, 0.3) is 0 Å². The monoisotopic (exact) mass is 401 g/mol. The SMILES string of the molecule is CN(C)CCOc1ccc(NC(=O)C(c2ccccc2)N2CCCC2)cc1Cl. The summed E-state index contributed by atoms with van der Waals surface area (Å²) in [5.41, 5.74) is 1.69. The number of nitrogens with zero attached hydrogens (tertiary/aromatic N) is 2. The second-order valence-electron chi connectivity index (χ2n) is 7.34. The van der Waals surface area contributed by atoms with E-state index in [1.54, 1.807) is 12.1 Å². The van der Waals surface area contributed by atoms with E-state index < -0.39 is 0 Å². The second kappa shape index (κ2) is 9.92. The lowest BCUT2D eigenvalue weighted by Gasteiger charge is -2.27. The number of likely N-dealkylation sites (tertiary alicyclic amines) is 1. The van der Waals surface area contributed by atoms with Crippen LogP contribution in [-0.2, 0) is 4.79 Å². The van der Waals surface area contributed by atoms with Gasteiger partial charge < -0.3 is 15.0 Å².